The third kappa shape index (κ3) is 5.51. The molecule has 152 valence electrons. The lowest BCUT2D eigenvalue weighted by molar-refractivity contribution is -0.118. The number of hydrogen-bond acceptors (Lipinski definition) is 6. The lowest BCUT2D eigenvalue weighted by Crippen LogP contribution is -2.45. The fraction of sp³-hybridized carbons (Fsp3) is 0.333. The first-order valence-corrected chi connectivity index (χ1v) is 10.4. The molecule has 2 aromatic heterocycles. The number of nitrogens with zero attached hydrogens (tertiary/aromatic N) is 2. The highest BCUT2D eigenvalue weighted by Crippen LogP contribution is 2.28. The van der Waals surface area contributed by atoms with Gasteiger partial charge in [-0.2, -0.15) is 0 Å². The maximum absolute atomic E-state index is 12.9. The number of hydrogen-bond donors (Lipinski definition) is 2. The largest absolute Gasteiger partial charge is 0.459 e. The van der Waals surface area contributed by atoms with Crippen LogP contribution in [0.1, 0.15) is 53.7 Å². The predicted octanol–water partition coefficient (Wildman–Crippen LogP) is 4.01. The van der Waals surface area contributed by atoms with Crippen LogP contribution < -0.4 is 10.6 Å². The summed E-state index contributed by atoms with van der Waals surface area (Å²) in [5.74, 6) is -0.304. The number of nitrogens with one attached hydrogen (secondary N) is 2. The highest BCUT2D eigenvalue weighted by atomic mass is 32.1. The fourth-order valence-corrected chi connectivity index (χ4v) is 3.99. The minimum atomic E-state index is -0.782. The SMILES string of the molecule is CCC(CC)c1nnc(NC(=O)C(Cc2ccccc2)NC(=O)c2ccco2)s1. The third-order valence-corrected chi connectivity index (χ3v) is 5.66. The van der Waals surface area contributed by atoms with E-state index in [-0.39, 0.29) is 11.7 Å². The Bertz CT molecular complexity index is 921. The van der Waals surface area contributed by atoms with Crippen molar-refractivity contribution in [1.29, 1.82) is 0 Å². The summed E-state index contributed by atoms with van der Waals surface area (Å²) in [6.07, 6.45) is 3.70. The molecule has 0 radical (unpaired) electrons. The Morgan fingerprint density at radius 1 is 1.07 bits per heavy atom. The average molecular weight is 413 g/mol. The molecule has 29 heavy (non-hydrogen) atoms. The van der Waals surface area contributed by atoms with Crippen LogP contribution in [0, 0.1) is 0 Å². The van der Waals surface area contributed by atoms with Crippen molar-refractivity contribution in [2.45, 2.75) is 45.1 Å². The van der Waals surface area contributed by atoms with Crippen LogP contribution in [0.4, 0.5) is 5.13 Å². The molecule has 0 fully saturated rings. The van der Waals surface area contributed by atoms with E-state index in [1.165, 1.54) is 17.6 Å². The van der Waals surface area contributed by atoms with E-state index in [9.17, 15) is 9.59 Å². The molecule has 0 saturated heterocycles. The standard InChI is InChI=1S/C21H24N4O3S/c1-3-15(4-2)20-24-25-21(29-20)23-18(26)16(13-14-9-6-5-7-10-14)22-19(27)17-11-8-12-28-17/h5-12,15-16H,3-4,13H2,1-2H3,(H,22,27)(H,23,25,26). The van der Waals surface area contributed by atoms with Crippen molar-refractivity contribution in [1.82, 2.24) is 15.5 Å². The van der Waals surface area contributed by atoms with Crippen molar-refractivity contribution in [3.8, 4) is 0 Å². The van der Waals surface area contributed by atoms with Crippen molar-refractivity contribution in [3.63, 3.8) is 0 Å². The molecule has 2 heterocycles. The third-order valence-electron chi connectivity index (χ3n) is 4.66. The molecule has 0 aliphatic heterocycles. The molecule has 3 aromatic rings. The van der Waals surface area contributed by atoms with E-state index in [2.05, 4.69) is 34.7 Å². The molecule has 2 amide bonds. The quantitative estimate of drug-likeness (QED) is 0.553. The van der Waals surface area contributed by atoms with Crippen LogP contribution >= 0.6 is 11.3 Å². The van der Waals surface area contributed by atoms with E-state index < -0.39 is 11.9 Å². The molecule has 7 nitrogen and oxygen atoms in total. The summed E-state index contributed by atoms with van der Waals surface area (Å²) in [6.45, 7) is 4.21. The molecule has 1 atom stereocenters. The number of furan rings is 1. The molecule has 0 aliphatic rings. The monoisotopic (exact) mass is 412 g/mol. The van der Waals surface area contributed by atoms with Crippen molar-refractivity contribution >= 4 is 28.3 Å². The van der Waals surface area contributed by atoms with Gasteiger partial charge in [-0.1, -0.05) is 55.5 Å². The molecule has 0 spiro atoms. The van der Waals surface area contributed by atoms with E-state index in [1.807, 2.05) is 30.3 Å². The Balaban J connectivity index is 1.73. The second-order valence-electron chi connectivity index (χ2n) is 6.64. The van der Waals surface area contributed by atoms with Gasteiger partial charge >= 0.3 is 0 Å². The van der Waals surface area contributed by atoms with Gasteiger partial charge in [0.2, 0.25) is 11.0 Å². The highest BCUT2D eigenvalue weighted by molar-refractivity contribution is 7.15. The lowest BCUT2D eigenvalue weighted by atomic mass is 10.1. The predicted molar refractivity (Wildman–Crippen MR) is 112 cm³/mol. The molecule has 1 aromatic carbocycles. The fourth-order valence-electron chi connectivity index (χ4n) is 2.98. The molecule has 0 bridgehead atoms. The number of carbonyl (C=O) groups is 2. The average Bonchev–Trinajstić information content (AvgIpc) is 3.42. The Morgan fingerprint density at radius 2 is 1.83 bits per heavy atom. The zero-order chi connectivity index (χ0) is 20.6. The summed E-state index contributed by atoms with van der Waals surface area (Å²) in [5, 5.41) is 15.2. The number of amides is 2. The van der Waals surface area contributed by atoms with Crippen LogP contribution in [0.25, 0.3) is 0 Å². The van der Waals surface area contributed by atoms with Crippen LogP contribution in [0.15, 0.2) is 53.1 Å². The lowest BCUT2D eigenvalue weighted by Gasteiger charge is -2.17. The molecule has 3 rings (SSSR count). The van der Waals surface area contributed by atoms with E-state index in [0.29, 0.717) is 17.5 Å². The summed E-state index contributed by atoms with van der Waals surface area (Å²) in [5.41, 5.74) is 0.933. The molecule has 0 saturated carbocycles. The van der Waals surface area contributed by atoms with E-state index in [1.54, 1.807) is 12.1 Å². The van der Waals surface area contributed by atoms with Crippen LogP contribution in [-0.2, 0) is 11.2 Å². The van der Waals surface area contributed by atoms with Crippen molar-refractivity contribution in [2.75, 3.05) is 5.32 Å². The Labute approximate surface area is 173 Å². The van der Waals surface area contributed by atoms with E-state index >= 15 is 0 Å². The summed E-state index contributed by atoms with van der Waals surface area (Å²) in [6, 6.07) is 11.9. The Kier molecular flexibility index (Phi) is 7.13. The topological polar surface area (TPSA) is 97.1 Å². The summed E-state index contributed by atoms with van der Waals surface area (Å²) in [7, 11) is 0. The zero-order valence-electron chi connectivity index (χ0n) is 16.4. The highest BCUT2D eigenvalue weighted by Gasteiger charge is 2.24. The smallest absolute Gasteiger partial charge is 0.287 e. The minimum Gasteiger partial charge on any atom is -0.459 e. The number of benzene rings is 1. The van der Waals surface area contributed by atoms with Gasteiger partial charge in [0, 0.05) is 12.3 Å². The maximum Gasteiger partial charge on any atom is 0.287 e. The molecule has 1 unspecified atom stereocenters. The summed E-state index contributed by atoms with van der Waals surface area (Å²) in [4.78, 5) is 25.3. The maximum atomic E-state index is 12.9. The number of rotatable bonds is 9. The Morgan fingerprint density at radius 3 is 2.48 bits per heavy atom. The molecule has 2 N–H and O–H groups in total. The minimum absolute atomic E-state index is 0.155. The van der Waals surface area contributed by atoms with Gasteiger partial charge in [0.1, 0.15) is 11.0 Å². The number of anilines is 1. The zero-order valence-corrected chi connectivity index (χ0v) is 17.2. The summed E-state index contributed by atoms with van der Waals surface area (Å²) >= 11 is 1.37. The van der Waals surface area contributed by atoms with Gasteiger partial charge in [0.15, 0.2) is 5.76 Å². The van der Waals surface area contributed by atoms with Gasteiger partial charge in [-0.3, -0.25) is 14.9 Å². The van der Waals surface area contributed by atoms with Crippen LogP contribution in [-0.4, -0.2) is 28.1 Å². The second kappa shape index (κ2) is 9.97. The van der Waals surface area contributed by atoms with E-state index in [4.69, 9.17) is 4.42 Å². The second-order valence-corrected chi connectivity index (χ2v) is 7.65. The van der Waals surface area contributed by atoms with Gasteiger partial charge < -0.3 is 9.73 Å². The van der Waals surface area contributed by atoms with Gasteiger partial charge in [-0.15, -0.1) is 10.2 Å². The van der Waals surface area contributed by atoms with Gasteiger partial charge in [0.25, 0.3) is 5.91 Å². The normalized spacial score (nSPS) is 12.0. The van der Waals surface area contributed by atoms with Crippen molar-refractivity contribution in [3.05, 3.63) is 65.1 Å². The van der Waals surface area contributed by atoms with E-state index in [0.717, 1.165) is 23.4 Å². The number of aromatic nitrogens is 2. The molecule has 0 aliphatic carbocycles. The van der Waals surface area contributed by atoms with Crippen LogP contribution in [0.3, 0.4) is 0 Å². The van der Waals surface area contributed by atoms with Gasteiger partial charge in [0.05, 0.1) is 6.26 Å². The molecule has 8 heteroatoms. The Hall–Kier alpha value is -3.00. The molecular weight excluding hydrogens is 388 g/mol. The summed E-state index contributed by atoms with van der Waals surface area (Å²) < 4.78 is 5.13. The van der Waals surface area contributed by atoms with Crippen molar-refractivity contribution in [2.24, 2.45) is 0 Å². The van der Waals surface area contributed by atoms with Gasteiger partial charge in [-0.25, -0.2) is 0 Å². The first kappa shape index (κ1) is 20.7. The molecular formula is C21H24N4O3S. The van der Waals surface area contributed by atoms with Gasteiger partial charge in [-0.05, 0) is 30.5 Å². The number of carbonyl (C=O) groups excluding carboxylic acids is 2. The first-order chi connectivity index (χ1) is 14.1. The van der Waals surface area contributed by atoms with Crippen LogP contribution in [0.5, 0.6) is 0 Å². The van der Waals surface area contributed by atoms with Crippen LogP contribution in [0.2, 0.25) is 0 Å². The first-order valence-electron chi connectivity index (χ1n) is 9.63. The van der Waals surface area contributed by atoms with Crippen molar-refractivity contribution < 1.29 is 14.0 Å².